The van der Waals surface area contributed by atoms with Crippen molar-refractivity contribution in [1.29, 1.82) is 0 Å². The van der Waals surface area contributed by atoms with Crippen LogP contribution in [0, 0.1) is 0 Å². The average molecular weight is 643 g/mol. The lowest BCUT2D eigenvalue weighted by Crippen LogP contribution is -2.22. The van der Waals surface area contributed by atoms with E-state index in [0.717, 1.165) is 54.7 Å². The van der Waals surface area contributed by atoms with Crippen LogP contribution in [0.3, 0.4) is 0 Å². The molecule has 6 heteroatoms. The van der Waals surface area contributed by atoms with Crippen molar-refractivity contribution in [2.24, 2.45) is 0 Å². The Morgan fingerprint density at radius 1 is 0.440 bits per heavy atom. The Bertz CT molecular complexity index is 2640. The molecule has 0 saturated carbocycles. The van der Waals surface area contributed by atoms with Gasteiger partial charge in [-0.25, -0.2) is 9.97 Å². The number of carbonyl (C=O) groups excluding carboxylic acids is 2. The monoisotopic (exact) mass is 642 g/mol. The third-order valence-corrected chi connectivity index (χ3v) is 9.69. The van der Waals surface area contributed by atoms with Gasteiger partial charge in [0.25, 0.3) is 0 Å². The number of benzene rings is 7. The summed E-state index contributed by atoms with van der Waals surface area (Å²) in [6, 6.07) is 48.2. The van der Waals surface area contributed by atoms with Gasteiger partial charge in [-0.1, -0.05) is 109 Å². The van der Waals surface area contributed by atoms with Gasteiger partial charge in [0.05, 0.1) is 28.0 Å². The van der Waals surface area contributed by atoms with Crippen molar-refractivity contribution in [2.75, 3.05) is 9.80 Å². The first-order chi connectivity index (χ1) is 24.6. The molecule has 2 heterocycles. The molecule has 0 spiro atoms. The van der Waals surface area contributed by atoms with Crippen LogP contribution in [0.2, 0.25) is 0 Å². The maximum absolute atomic E-state index is 13.9. The molecule has 7 aromatic carbocycles. The molecular weight excluding hydrogens is 617 g/mol. The number of Topliss-reactive ketones (excluding diaryl/α,β-unsaturated/α-hetero) is 2. The van der Waals surface area contributed by atoms with Crippen LogP contribution >= 0.6 is 0 Å². The highest BCUT2D eigenvalue weighted by molar-refractivity contribution is 6.40. The molecule has 6 nitrogen and oxygen atoms in total. The Morgan fingerprint density at radius 3 is 1.36 bits per heavy atom. The lowest BCUT2D eigenvalue weighted by Gasteiger charge is -2.26. The molecule has 1 aliphatic carbocycles. The summed E-state index contributed by atoms with van der Waals surface area (Å²) < 4.78 is 0. The van der Waals surface area contributed by atoms with E-state index in [0.29, 0.717) is 28.6 Å². The van der Waals surface area contributed by atoms with Crippen LogP contribution in [-0.4, -0.2) is 21.5 Å². The summed E-state index contributed by atoms with van der Waals surface area (Å²) in [6.07, 6.45) is 3.54. The third-order valence-electron chi connectivity index (χ3n) is 9.69. The lowest BCUT2D eigenvalue weighted by atomic mass is 10.0. The molecule has 234 valence electrons. The van der Waals surface area contributed by atoms with Gasteiger partial charge >= 0.3 is 0 Å². The first-order valence-corrected chi connectivity index (χ1v) is 16.5. The van der Waals surface area contributed by atoms with Crippen LogP contribution in [0.4, 0.5) is 23.0 Å². The molecule has 0 amide bonds. The number of para-hydroxylation sites is 2. The van der Waals surface area contributed by atoms with Crippen molar-refractivity contribution in [3.8, 4) is 0 Å². The number of hydrogen-bond acceptors (Lipinski definition) is 6. The molecule has 0 N–H and O–H groups in total. The molecular formula is C44H26N4O2. The fraction of sp³-hybridized carbons (Fsp3) is 0. The van der Waals surface area contributed by atoms with Crippen LogP contribution in [0.25, 0.3) is 43.4 Å². The third kappa shape index (κ3) is 4.15. The summed E-state index contributed by atoms with van der Waals surface area (Å²) in [7, 11) is 0. The summed E-state index contributed by atoms with van der Waals surface area (Å²) >= 11 is 0. The van der Waals surface area contributed by atoms with Gasteiger partial charge in [-0.05, 0) is 70.1 Å². The zero-order valence-electron chi connectivity index (χ0n) is 26.6. The quantitative estimate of drug-likeness (QED) is 0.141. The van der Waals surface area contributed by atoms with Gasteiger partial charge in [-0.3, -0.25) is 19.4 Å². The molecule has 0 radical (unpaired) electrons. The first-order valence-electron chi connectivity index (χ1n) is 16.5. The van der Waals surface area contributed by atoms with E-state index in [9.17, 15) is 9.59 Å². The molecule has 0 unspecified atom stereocenters. The van der Waals surface area contributed by atoms with E-state index in [-0.39, 0.29) is 17.1 Å². The van der Waals surface area contributed by atoms with Gasteiger partial charge in [0.1, 0.15) is 5.82 Å². The highest BCUT2D eigenvalue weighted by Crippen LogP contribution is 2.51. The Kier molecular flexibility index (Phi) is 6.08. The predicted octanol–water partition coefficient (Wildman–Crippen LogP) is 10.2. The number of anilines is 4. The Labute approximate surface area is 286 Å². The molecule has 1 aromatic heterocycles. The second-order valence-corrected chi connectivity index (χ2v) is 12.5. The SMILES string of the molecule is O=C1C(=CC=C2N(c3cccc4ccccc34)c3nc4ccccc4nc3N2c2cccc3ccccc23)C(=O)c2cc3ccccc3cc21. The predicted molar refractivity (Wildman–Crippen MR) is 200 cm³/mol. The van der Waals surface area contributed by atoms with Crippen molar-refractivity contribution in [2.45, 2.75) is 0 Å². The maximum atomic E-state index is 13.9. The van der Waals surface area contributed by atoms with Crippen molar-refractivity contribution in [3.63, 3.8) is 0 Å². The topological polar surface area (TPSA) is 66.4 Å². The summed E-state index contributed by atoms with van der Waals surface area (Å²) in [5.74, 6) is 1.43. The number of aromatic nitrogens is 2. The van der Waals surface area contributed by atoms with E-state index in [4.69, 9.17) is 9.97 Å². The van der Waals surface area contributed by atoms with Crippen LogP contribution in [0.15, 0.2) is 169 Å². The van der Waals surface area contributed by atoms with E-state index in [2.05, 4.69) is 58.3 Å². The van der Waals surface area contributed by atoms with E-state index >= 15 is 0 Å². The van der Waals surface area contributed by atoms with Gasteiger partial charge in [-0.15, -0.1) is 0 Å². The Balaban J connectivity index is 1.26. The maximum Gasteiger partial charge on any atom is 0.197 e. The molecule has 0 saturated heterocycles. The molecule has 0 fully saturated rings. The van der Waals surface area contributed by atoms with Gasteiger partial charge in [0.15, 0.2) is 23.2 Å². The van der Waals surface area contributed by atoms with Gasteiger partial charge in [0, 0.05) is 21.9 Å². The highest BCUT2D eigenvalue weighted by Gasteiger charge is 2.39. The molecule has 0 atom stereocenters. The number of nitrogens with zero attached hydrogens (tertiary/aromatic N) is 4. The standard InChI is InChI=1S/C44H26N4O2/c49-41-33(42(50)35-26-30-14-2-1-13-29(30)25-34(35)41)23-24-40-47(38-21-9-15-27-11-3-5-17-31(27)38)43-44(46-37-20-8-7-19-36(37)45-43)48(40)39-22-10-16-28-12-4-6-18-32(28)39/h1-26H. The van der Waals surface area contributed by atoms with E-state index in [1.54, 1.807) is 6.08 Å². The summed E-state index contributed by atoms with van der Waals surface area (Å²) in [6.45, 7) is 0. The smallest absolute Gasteiger partial charge is 0.197 e. The minimum Gasteiger partial charge on any atom is -0.288 e. The number of hydrogen-bond donors (Lipinski definition) is 0. The normalized spacial score (nSPS) is 13.9. The van der Waals surface area contributed by atoms with Crippen LogP contribution in [0.5, 0.6) is 0 Å². The van der Waals surface area contributed by atoms with Crippen LogP contribution in [-0.2, 0) is 0 Å². The summed E-state index contributed by atoms with van der Waals surface area (Å²) in [5.41, 5.74) is 4.31. The first kappa shape index (κ1) is 28.1. The Morgan fingerprint density at radius 2 is 0.860 bits per heavy atom. The second-order valence-electron chi connectivity index (χ2n) is 12.5. The molecule has 2 aliphatic rings. The number of allylic oxidation sites excluding steroid dienone is 3. The molecule has 1 aliphatic heterocycles. The minimum atomic E-state index is -0.279. The summed E-state index contributed by atoms with van der Waals surface area (Å²) in [4.78, 5) is 42.5. The lowest BCUT2D eigenvalue weighted by molar-refractivity contribution is 0.0988. The zero-order valence-corrected chi connectivity index (χ0v) is 26.6. The summed E-state index contributed by atoms with van der Waals surface area (Å²) in [5, 5.41) is 6.05. The molecule has 10 rings (SSSR count). The number of rotatable bonds is 3. The highest BCUT2D eigenvalue weighted by atomic mass is 16.2. The number of ketones is 2. The minimum absolute atomic E-state index is 0.126. The number of fused-ring (bicyclic) bond motifs is 6. The van der Waals surface area contributed by atoms with E-state index < -0.39 is 0 Å². The molecule has 0 bridgehead atoms. The van der Waals surface area contributed by atoms with Crippen molar-refractivity contribution >= 4 is 77.9 Å². The zero-order chi connectivity index (χ0) is 33.3. The van der Waals surface area contributed by atoms with Gasteiger partial charge in [-0.2, -0.15) is 0 Å². The van der Waals surface area contributed by atoms with E-state index in [1.165, 1.54) is 0 Å². The van der Waals surface area contributed by atoms with Crippen molar-refractivity contribution in [3.05, 3.63) is 180 Å². The van der Waals surface area contributed by atoms with Crippen molar-refractivity contribution < 1.29 is 9.59 Å². The van der Waals surface area contributed by atoms with Crippen molar-refractivity contribution in [1.82, 2.24) is 9.97 Å². The van der Waals surface area contributed by atoms with E-state index in [1.807, 2.05) is 103 Å². The fourth-order valence-corrected chi connectivity index (χ4v) is 7.35. The fourth-order valence-electron chi connectivity index (χ4n) is 7.35. The van der Waals surface area contributed by atoms with Gasteiger partial charge in [0.2, 0.25) is 0 Å². The average Bonchev–Trinajstić information content (AvgIpc) is 3.59. The van der Waals surface area contributed by atoms with Crippen LogP contribution < -0.4 is 9.80 Å². The van der Waals surface area contributed by atoms with Crippen LogP contribution in [0.1, 0.15) is 20.7 Å². The van der Waals surface area contributed by atoms with Gasteiger partial charge < -0.3 is 0 Å². The number of carbonyl (C=O) groups is 2. The largest absolute Gasteiger partial charge is 0.288 e. The molecule has 50 heavy (non-hydrogen) atoms. The molecule has 8 aromatic rings. The Hall–Kier alpha value is -6.92. The second kappa shape index (κ2) is 10.8.